The highest BCUT2D eigenvalue weighted by Gasteiger charge is 2.18. The van der Waals surface area contributed by atoms with Crippen LogP contribution in [0.3, 0.4) is 0 Å². The number of carbonyl (C=O) groups is 1. The third-order valence-corrected chi connectivity index (χ3v) is 3.18. The van der Waals surface area contributed by atoms with E-state index in [0.29, 0.717) is 10.6 Å². The van der Waals surface area contributed by atoms with Crippen molar-refractivity contribution in [1.82, 2.24) is 4.98 Å². The second kappa shape index (κ2) is 6.04. The summed E-state index contributed by atoms with van der Waals surface area (Å²) in [4.78, 5) is 15.6. The SMILES string of the molecule is NC(=O)C(Nc1ccc(Cl)cc1)c1cncc(Br)c1. The molecular weight excluding hydrogens is 330 g/mol. The van der Waals surface area contributed by atoms with Gasteiger partial charge in [0.1, 0.15) is 6.04 Å². The summed E-state index contributed by atoms with van der Waals surface area (Å²) in [7, 11) is 0. The Hall–Kier alpha value is -1.59. The monoisotopic (exact) mass is 339 g/mol. The number of benzene rings is 1. The summed E-state index contributed by atoms with van der Waals surface area (Å²) in [6.07, 6.45) is 3.24. The van der Waals surface area contributed by atoms with Crippen molar-refractivity contribution in [3.8, 4) is 0 Å². The Morgan fingerprint density at radius 1 is 1.32 bits per heavy atom. The van der Waals surface area contributed by atoms with Gasteiger partial charge in [-0.2, -0.15) is 0 Å². The fourth-order valence-corrected chi connectivity index (χ4v) is 2.13. The van der Waals surface area contributed by atoms with E-state index in [0.717, 1.165) is 10.2 Å². The molecule has 0 aliphatic rings. The Labute approximate surface area is 124 Å². The summed E-state index contributed by atoms with van der Waals surface area (Å²) in [5.74, 6) is -0.477. The number of nitrogens with zero attached hydrogens (tertiary/aromatic N) is 1. The average Bonchev–Trinajstić information content (AvgIpc) is 2.37. The maximum atomic E-state index is 11.6. The van der Waals surface area contributed by atoms with Crippen molar-refractivity contribution in [1.29, 1.82) is 0 Å². The van der Waals surface area contributed by atoms with Crippen LogP contribution in [0.2, 0.25) is 5.02 Å². The predicted molar refractivity (Wildman–Crippen MR) is 78.9 cm³/mol. The fraction of sp³-hybridized carbons (Fsp3) is 0.0769. The molecule has 0 saturated carbocycles. The van der Waals surface area contributed by atoms with Crippen molar-refractivity contribution >= 4 is 39.1 Å². The van der Waals surface area contributed by atoms with Gasteiger partial charge in [-0.1, -0.05) is 11.6 Å². The normalized spacial score (nSPS) is 11.9. The molecule has 0 radical (unpaired) electrons. The maximum absolute atomic E-state index is 11.6. The molecule has 2 rings (SSSR count). The van der Waals surface area contributed by atoms with Gasteiger partial charge >= 0.3 is 0 Å². The van der Waals surface area contributed by atoms with Gasteiger partial charge < -0.3 is 11.1 Å². The standard InChI is InChI=1S/C13H11BrClN3O/c14-9-5-8(6-17-7-9)12(13(16)19)18-11-3-1-10(15)2-4-11/h1-7,12,18H,(H2,16,19). The lowest BCUT2D eigenvalue weighted by atomic mass is 10.1. The second-order valence-electron chi connectivity index (χ2n) is 3.92. The summed E-state index contributed by atoms with van der Waals surface area (Å²) in [5, 5.41) is 3.69. The first-order valence-electron chi connectivity index (χ1n) is 5.48. The fourth-order valence-electron chi connectivity index (χ4n) is 1.62. The number of primary amides is 1. The number of anilines is 1. The molecule has 1 amide bonds. The first-order valence-corrected chi connectivity index (χ1v) is 6.65. The summed E-state index contributed by atoms with van der Waals surface area (Å²) in [5.41, 5.74) is 6.88. The Morgan fingerprint density at radius 3 is 2.58 bits per heavy atom. The number of rotatable bonds is 4. The van der Waals surface area contributed by atoms with Crippen LogP contribution in [0.4, 0.5) is 5.69 Å². The first kappa shape index (κ1) is 13.8. The van der Waals surface area contributed by atoms with E-state index in [1.165, 1.54) is 0 Å². The molecule has 19 heavy (non-hydrogen) atoms. The highest BCUT2D eigenvalue weighted by molar-refractivity contribution is 9.10. The van der Waals surface area contributed by atoms with E-state index in [1.807, 2.05) is 0 Å². The molecule has 1 heterocycles. The highest BCUT2D eigenvalue weighted by atomic mass is 79.9. The Morgan fingerprint density at radius 2 is 2.00 bits per heavy atom. The minimum atomic E-state index is -0.647. The molecule has 0 spiro atoms. The lowest BCUT2D eigenvalue weighted by Gasteiger charge is -2.17. The Bertz CT molecular complexity index is 589. The molecule has 1 unspecified atom stereocenters. The molecule has 0 saturated heterocycles. The van der Waals surface area contributed by atoms with Crippen LogP contribution in [0.25, 0.3) is 0 Å². The van der Waals surface area contributed by atoms with Crippen LogP contribution in [0.5, 0.6) is 0 Å². The van der Waals surface area contributed by atoms with E-state index >= 15 is 0 Å². The summed E-state index contributed by atoms with van der Waals surface area (Å²) >= 11 is 9.13. The number of amides is 1. The third-order valence-electron chi connectivity index (χ3n) is 2.50. The number of aromatic nitrogens is 1. The molecule has 0 aliphatic carbocycles. The van der Waals surface area contributed by atoms with Crippen molar-refractivity contribution in [2.45, 2.75) is 6.04 Å². The first-order chi connectivity index (χ1) is 9.06. The molecule has 4 nitrogen and oxygen atoms in total. The average molecular weight is 341 g/mol. The third kappa shape index (κ3) is 3.68. The van der Waals surface area contributed by atoms with Gasteiger partial charge in [0.2, 0.25) is 5.91 Å². The molecule has 1 aromatic heterocycles. The minimum Gasteiger partial charge on any atom is -0.370 e. The van der Waals surface area contributed by atoms with Gasteiger partial charge in [0, 0.05) is 33.1 Å². The number of carbonyl (C=O) groups excluding carboxylic acids is 1. The van der Waals surface area contributed by atoms with Crippen molar-refractivity contribution in [2.24, 2.45) is 5.73 Å². The minimum absolute atomic E-state index is 0.477. The molecule has 0 aliphatic heterocycles. The highest BCUT2D eigenvalue weighted by Crippen LogP contribution is 2.22. The van der Waals surface area contributed by atoms with E-state index in [2.05, 4.69) is 26.2 Å². The predicted octanol–water partition coefficient (Wildman–Crippen LogP) is 3.14. The van der Waals surface area contributed by atoms with Crippen molar-refractivity contribution < 1.29 is 4.79 Å². The second-order valence-corrected chi connectivity index (χ2v) is 5.28. The van der Waals surface area contributed by atoms with Gasteiger partial charge in [-0.25, -0.2) is 0 Å². The van der Waals surface area contributed by atoms with E-state index in [1.54, 1.807) is 42.7 Å². The van der Waals surface area contributed by atoms with Crippen LogP contribution in [0.15, 0.2) is 47.2 Å². The molecule has 1 aromatic carbocycles. The number of halogens is 2. The van der Waals surface area contributed by atoms with E-state index in [9.17, 15) is 4.79 Å². The van der Waals surface area contributed by atoms with Crippen LogP contribution in [0.1, 0.15) is 11.6 Å². The van der Waals surface area contributed by atoms with E-state index in [-0.39, 0.29) is 0 Å². The number of nitrogens with two attached hydrogens (primary N) is 1. The van der Waals surface area contributed by atoms with Gasteiger partial charge in [0.25, 0.3) is 0 Å². The number of hydrogen-bond donors (Lipinski definition) is 2. The van der Waals surface area contributed by atoms with Crippen LogP contribution in [-0.4, -0.2) is 10.9 Å². The number of nitrogens with one attached hydrogen (secondary N) is 1. The smallest absolute Gasteiger partial charge is 0.244 e. The zero-order chi connectivity index (χ0) is 13.8. The molecule has 1 atom stereocenters. The largest absolute Gasteiger partial charge is 0.370 e. The van der Waals surface area contributed by atoms with Crippen LogP contribution < -0.4 is 11.1 Å². The summed E-state index contributed by atoms with van der Waals surface area (Å²) < 4.78 is 0.786. The summed E-state index contributed by atoms with van der Waals surface area (Å²) in [6.45, 7) is 0. The molecule has 3 N–H and O–H groups in total. The molecule has 0 bridgehead atoms. The van der Waals surface area contributed by atoms with Crippen molar-refractivity contribution in [2.75, 3.05) is 5.32 Å². The van der Waals surface area contributed by atoms with Gasteiger partial charge in [0.05, 0.1) is 0 Å². The zero-order valence-electron chi connectivity index (χ0n) is 9.81. The Kier molecular flexibility index (Phi) is 4.39. The number of pyridine rings is 1. The summed E-state index contributed by atoms with van der Waals surface area (Å²) in [6, 6.07) is 8.19. The number of hydrogen-bond acceptors (Lipinski definition) is 3. The maximum Gasteiger partial charge on any atom is 0.244 e. The van der Waals surface area contributed by atoms with Gasteiger partial charge in [-0.05, 0) is 46.3 Å². The van der Waals surface area contributed by atoms with Crippen LogP contribution >= 0.6 is 27.5 Å². The van der Waals surface area contributed by atoms with Crippen LogP contribution in [-0.2, 0) is 4.79 Å². The van der Waals surface area contributed by atoms with E-state index < -0.39 is 11.9 Å². The lowest BCUT2D eigenvalue weighted by Crippen LogP contribution is -2.27. The quantitative estimate of drug-likeness (QED) is 0.898. The molecular formula is C13H11BrClN3O. The van der Waals surface area contributed by atoms with Gasteiger partial charge in [-0.15, -0.1) is 0 Å². The van der Waals surface area contributed by atoms with Crippen LogP contribution in [0, 0.1) is 0 Å². The Balaban J connectivity index is 2.26. The molecule has 6 heteroatoms. The molecule has 0 fully saturated rings. The van der Waals surface area contributed by atoms with Crippen molar-refractivity contribution in [3.63, 3.8) is 0 Å². The molecule has 2 aromatic rings. The topological polar surface area (TPSA) is 68.0 Å². The lowest BCUT2D eigenvalue weighted by molar-refractivity contribution is -0.118. The van der Waals surface area contributed by atoms with E-state index in [4.69, 9.17) is 17.3 Å². The molecule has 98 valence electrons. The van der Waals surface area contributed by atoms with Gasteiger partial charge in [0.15, 0.2) is 0 Å². The van der Waals surface area contributed by atoms with Crippen molar-refractivity contribution in [3.05, 3.63) is 57.8 Å². The zero-order valence-corrected chi connectivity index (χ0v) is 12.1. The van der Waals surface area contributed by atoms with Gasteiger partial charge in [-0.3, -0.25) is 9.78 Å².